The Kier molecular flexibility index (Phi) is 12.8. The predicted octanol–water partition coefficient (Wildman–Crippen LogP) is 6.48. The van der Waals surface area contributed by atoms with Gasteiger partial charge >= 0.3 is 29.8 Å². The normalized spacial score (nSPS) is 11.0. The summed E-state index contributed by atoms with van der Waals surface area (Å²) >= 11 is 0. The lowest BCUT2D eigenvalue weighted by molar-refractivity contribution is -0.155. The fourth-order valence-electron chi connectivity index (χ4n) is 4.17. The van der Waals surface area contributed by atoms with E-state index >= 15 is 0 Å². The van der Waals surface area contributed by atoms with Gasteiger partial charge in [0.05, 0.1) is 41.5 Å². The Labute approximate surface area is 282 Å². The molecule has 0 N–H and O–H groups in total. The van der Waals surface area contributed by atoms with Gasteiger partial charge in [-0.1, -0.05) is 38.1 Å². The van der Waals surface area contributed by atoms with Crippen molar-refractivity contribution in [3.63, 3.8) is 0 Å². The Balaban J connectivity index is 1.18. The summed E-state index contributed by atoms with van der Waals surface area (Å²) in [6.45, 7) is 3.43. The van der Waals surface area contributed by atoms with Crippen molar-refractivity contribution in [3.8, 4) is 34.4 Å². The van der Waals surface area contributed by atoms with Crippen LogP contribution in [-0.2, 0) is 23.9 Å². The quantitative estimate of drug-likeness (QED) is 0.0826. The topological polar surface area (TPSA) is 155 Å². The van der Waals surface area contributed by atoms with E-state index < -0.39 is 23.9 Å². The summed E-state index contributed by atoms with van der Waals surface area (Å²) in [5, 5.41) is 8.96. The molecule has 0 aliphatic carbocycles. The summed E-state index contributed by atoms with van der Waals surface area (Å²) in [5.41, 5.74) is 2.82. The zero-order chi connectivity index (χ0) is 35.2. The second kappa shape index (κ2) is 17.6. The largest absolute Gasteiger partial charge is 0.462 e. The molecule has 1 unspecified atom stereocenters. The van der Waals surface area contributed by atoms with Crippen LogP contribution in [-0.4, -0.2) is 43.1 Å². The lowest BCUT2D eigenvalue weighted by Crippen LogP contribution is -2.19. The molecule has 250 valence electrons. The standard InChI is InChI=1S/C38H33NO10/c1-3-25(2)36(42)46-23-22-45-34(40)20-21-35(41)47-31-16-10-29(11-17-31)37(43)49-33-18-12-30(13-19-33)38(44)48-32-14-8-28(9-15-32)27-6-4-26(24-39)5-7-27/h4-19,25H,3,20-23H2,1-2H3. The van der Waals surface area contributed by atoms with Crippen LogP contribution in [0.5, 0.6) is 17.2 Å². The Morgan fingerprint density at radius 1 is 0.592 bits per heavy atom. The number of rotatable bonds is 14. The van der Waals surface area contributed by atoms with Gasteiger partial charge in [0.15, 0.2) is 0 Å². The molecule has 0 bridgehead atoms. The van der Waals surface area contributed by atoms with Gasteiger partial charge in [0.2, 0.25) is 0 Å². The lowest BCUT2D eigenvalue weighted by Gasteiger charge is -2.09. The van der Waals surface area contributed by atoms with Gasteiger partial charge in [-0.05, 0) is 90.3 Å². The van der Waals surface area contributed by atoms with Crippen molar-refractivity contribution in [2.45, 2.75) is 33.1 Å². The third kappa shape index (κ3) is 10.9. The zero-order valence-electron chi connectivity index (χ0n) is 26.9. The minimum absolute atomic E-state index is 0.0617. The first-order chi connectivity index (χ1) is 23.6. The molecule has 0 fully saturated rings. The van der Waals surface area contributed by atoms with E-state index in [1.165, 1.54) is 48.5 Å². The molecule has 0 saturated carbocycles. The Morgan fingerprint density at radius 3 is 1.51 bits per heavy atom. The van der Waals surface area contributed by atoms with Gasteiger partial charge in [-0.3, -0.25) is 14.4 Å². The second-order valence-corrected chi connectivity index (χ2v) is 10.7. The minimum atomic E-state index is -0.673. The van der Waals surface area contributed by atoms with E-state index in [1.807, 2.05) is 31.2 Å². The smallest absolute Gasteiger partial charge is 0.343 e. The molecule has 0 amide bonds. The third-order valence-corrected chi connectivity index (χ3v) is 7.17. The maximum absolute atomic E-state index is 12.6. The Morgan fingerprint density at radius 2 is 1.02 bits per heavy atom. The summed E-state index contributed by atoms with van der Waals surface area (Å²) in [5.74, 6) is -2.45. The molecule has 4 rings (SSSR count). The van der Waals surface area contributed by atoms with Crippen molar-refractivity contribution in [2.24, 2.45) is 5.92 Å². The molecule has 0 heterocycles. The Bertz CT molecular complexity index is 1810. The molecule has 1 atom stereocenters. The number of ether oxygens (including phenoxy) is 5. The van der Waals surface area contributed by atoms with Crippen LogP contribution in [0, 0.1) is 17.2 Å². The molecule has 0 radical (unpaired) electrons. The number of nitriles is 1. The summed E-state index contributed by atoms with van der Waals surface area (Å²) < 4.78 is 26.0. The minimum Gasteiger partial charge on any atom is -0.462 e. The third-order valence-electron chi connectivity index (χ3n) is 7.17. The van der Waals surface area contributed by atoms with Gasteiger partial charge < -0.3 is 23.7 Å². The van der Waals surface area contributed by atoms with Crippen LogP contribution >= 0.6 is 0 Å². The summed E-state index contributed by atoms with van der Waals surface area (Å²) in [6.07, 6.45) is 0.198. The van der Waals surface area contributed by atoms with Crippen molar-refractivity contribution in [1.82, 2.24) is 0 Å². The summed E-state index contributed by atoms with van der Waals surface area (Å²) in [4.78, 5) is 60.9. The SMILES string of the molecule is CCC(C)C(=O)OCCOC(=O)CCC(=O)Oc1ccc(C(=O)Oc2ccc(C(=O)Oc3ccc(-c4ccc(C#N)cc4)cc3)cc2)cc1. The number of esters is 5. The van der Waals surface area contributed by atoms with E-state index in [-0.39, 0.29) is 60.6 Å². The van der Waals surface area contributed by atoms with Gasteiger partial charge in [-0.25, -0.2) is 9.59 Å². The fraction of sp³-hybridized carbons (Fsp3) is 0.211. The summed E-state index contributed by atoms with van der Waals surface area (Å²) in [7, 11) is 0. The van der Waals surface area contributed by atoms with E-state index in [0.29, 0.717) is 17.7 Å². The fourth-order valence-corrected chi connectivity index (χ4v) is 4.17. The van der Waals surface area contributed by atoms with Crippen LogP contribution in [0.25, 0.3) is 11.1 Å². The van der Waals surface area contributed by atoms with Gasteiger partial charge in [0.1, 0.15) is 30.5 Å². The maximum Gasteiger partial charge on any atom is 0.343 e. The molecule has 0 aliphatic heterocycles. The van der Waals surface area contributed by atoms with E-state index in [9.17, 15) is 24.0 Å². The van der Waals surface area contributed by atoms with Gasteiger partial charge in [0, 0.05) is 0 Å². The maximum atomic E-state index is 12.6. The van der Waals surface area contributed by atoms with Crippen LogP contribution in [0.2, 0.25) is 0 Å². The molecule has 0 aromatic heterocycles. The van der Waals surface area contributed by atoms with Crippen LogP contribution in [0.4, 0.5) is 0 Å². The first-order valence-electron chi connectivity index (χ1n) is 15.4. The molecule has 49 heavy (non-hydrogen) atoms. The van der Waals surface area contributed by atoms with Crippen LogP contribution in [0.15, 0.2) is 97.1 Å². The highest BCUT2D eigenvalue weighted by molar-refractivity contribution is 5.93. The molecule has 0 saturated heterocycles. The van der Waals surface area contributed by atoms with Crippen LogP contribution in [0.3, 0.4) is 0 Å². The average molecular weight is 664 g/mol. The van der Waals surface area contributed by atoms with Crippen molar-refractivity contribution < 1.29 is 47.7 Å². The second-order valence-electron chi connectivity index (χ2n) is 10.7. The molecule has 11 nitrogen and oxygen atoms in total. The molecular formula is C38H33NO10. The summed E-state index contributed by atoms with van der Waals surface area (Å²) in [6, 6.07) is 27.7. The van der Waals surface area contributed by atoms with Crippen molar-refractivity contribution >= 4 is 29.8 Å². The van der Waals surface area contributed by atoms with Crippen molar-refractivity contribution in [2.75, 3.05) is 13.2 Å². The highest BCUT2D eigenvalue weighted by Gasteiger charge is 2.15. The average Bonchev–Trinajstić information content (AvgIpc) is 3.13. The molecule has 4 aromatic carbocycles. The van der Waals surface area contributed by atoms with E-state index in [4.69, 9.17) is 28.9 Å². The number of hydrogen-bond donors (Lipinski definition) is 0. The molecule has 4 aromatic rings. The number of hydrogen-bond acceptors (Lipinski definition) is 11. The van der Waals surface area contributed by atoms with E-state index in [0.717, 1.165) is 11.1 Å². The number of nitrogens with zero attached hydrogens (tertiary/aromatic N) is 1. The number of carbonyl (C=O) groups is 5. The van der Waals surface area contributed by atoms with Gasteiger partial charge in [-0.15, -0.1) is 0 Å². The van der Waals surface area contributed by atoms with Crippen molar-refractivity contribution in [3.05, 3.63) is 114 Å². The lowest BCUT2D eigenvalue weighted by atomic mass is 10.0. The van der Waals surface area contributed by atoms with Crippen molar-refractivity contribution in [1.29, 1.82) is 5.26 Å². The van der Waals surface area contributed by atoms with Crippen LogP contribution < -0.4 is 14.2 Å². The molecule has 0 aliphatic rings. The van der Waals surface area contributed by atoms with E-state index in [1.54, 1.807) is 31.2 Å². The highest BCUT2D eigenvalue weighted by atomic mass is 16.6. The first kappa shape index (κ1) is 35.6. The zero-order valence-corrected chi connectivity index (χ0v) is 26.9. The first-order valence-corrected chi connectivity index (χ1v) is 15.4. The van der Waals surface area contributed by atoms with Gasteiger partial charge in [0.25, 0.3) is 0 Å². The Hall–Kier alpha value is -6.28. The molecule has 0 spiro atoms. The van der Waals surface area contributed by atoms with Crippen LogP contribution in [0.1, 0.15) is 59.4 Å². The van der Waals surface area contributed by atoms with Gasteiger partial charge in [-0.2, -0.15) is 5.26 Å². The van der Waals surface area contributed by atoms with E-state index in [2.05, 4.69) is 6.07 Å². The molecular weight excluding hydrogens is 630 g/mol. The predicted molar refractivity (Wildman–Crippen MR) is 176 cm³/mol. The monoisotopic (exact) mass is 663 g/mol. The number of carbonyl (C=O) groups excluding carboxylic acids is 5. The molecule has 11 heteroatoms. The number of benzene rings is 4. The highest BCUT2D eigenvalue weighted by Crippen LogP contribution is 2.24.